The fraction of sp³-hybridized carbons (Fsp3) is 0.500. The van der Waals surface area contributed by atoms with Crippen molar-refractivity contribution in [1.29, 1.82) is 0 Å². The van der Waals surface area contributed by atoms with E-state index in [1.165, 1.54) is 22.3 Å². The largest absolute Gasteiger partial charge is 0.507 e. The molecule has 5 aliphatic rings. The van der Waals surface area contributed by atoms with E-state index in [0.29, 0.717) is 42.3 Å². The highest BCUT2D eigenvalue weighted by atomic mass is 32.1. The van der Waals surface area contributed by atoms with Crippen molar-refractivity contribution in [3.63, 3.8) is 0 Å². The molecule has 11 rings (SSSR count). The molecule has 0 spiro atoms. The molecule has 7 atom stereocenters. The van der Waals surface area contributed by atoms with Crippen LogP contribution in [0.1, 0.15) is 88.3 Å². The molecule has 3 unspecified atom stereocenters. The molecule has 9 heterocycles. The monoisotopic (exact) mass is 1100 g/mol. The molecule has 1 saturated carbocycles. The quantitative estimate of drug-likeness (QED) is 0.0692. The number of nitrogens with two attached hydrogens (primary N) is 1. The third-order valence-corrected chi connectivity index (χ3v) is 17.0. The molecule has 23 heteroatoms. The van der Waals surface area contributed by atoms with Crippen LogP contribution in [-0.4, -0.2) is 156 Å². The fourth-order valence-electron chi connectivity index (χ4n) is 11.8. The van der Waals surface area contributed by atoms with Crippen LogP contribution in [0.2, 0.25) is 0 Å². The zero-order valence-corrected chi connectivity index (χ0v) is 45.3. The van der Waals surface area contributed by atoms with Crippen LogP contribution in [-0.2, 0) is 14.3 Å². The first-order valence-electron chi connectivity index (χ1n) is 27.1. The summed E-state index contributed by atoms with van der Waals surface area (Å²) in [5.74, 6) is -3.71. The third-order valence-electron chi connectivity index (χ3n) is 16.0. The number of benzene rings is 1. The number of carbonyl (C=O) groups is 2. The Hall–Kier alpha value is -7.08. The number of ether oxygens (including phenoxy) is 3. The number of hydrogen-bond donors (Lipinski definition) is 4. The van der Waals surface area contributed by atoms with Crippen LogP contribution >= 0.6 is 11.3 Å². The maximum atomic E-state index is 15.7. The molecule has 5 fully saturated rings. The number of nitrogen functional groups attached to an aromatic ring is 1. The fourth-order valence-corrected chi connectivity index (χ4v) is 12.6. The zero-order valence-electron chi connectivity index (χ0n) is 44.5. The van der Waals surface area contributed by atoms with Crippen molar-refractivity contribution < 1.29 is 47.3 Å². The summed E-state index contributed by atoms with van der Waals surface area (Å²) in [6.07, 6.45) is 3.93. The summed E-state index contributed by atoms with van der Waals surface area (Å²) in [5, 5.41) is 36.7. The number of phenolic OH excluding ortho intramolecular Hbond substituents is 1. The summed E-state index contributed by atoms with van der Waals surface area (Å²) in [7, 11) is 0. The van der Waals surface area contributed by atoms with Gasteiger partial charge in [-0.05, 0) is 80.1 Å². The van der Waals surface area contributed by atoms with Crippen LogP contribution in [0, 0.1) is 12.8 Å². The number of pyridine rings is 2. The van der Waals surface area contributed by atoms with Crippen molar-refractivity contribution in [2.75, 3.05) is 61.4 Å². The molecule has 20 nitrogen and oxygen atoms in total. The van der Waals surface area contributed by atoms with Crippen molar-refractivity contribution in [2.24, 2.45) is 5.92 Å². The van der Waals surface area contributed by atoms with Crippen LogP contribution in [0.15, 0.2) is 83.1 Å². The summed E-state index contributed by atoms with van der Waals surface area (Å²) in [6, 6.07) is 17.3. The number of β-amino-alcohol motifs (C(OH)–C–C–N with tert-alkyl or cyclic N) is 1. The lowest BCUT2D eigenvalue weighted by Gasteiger charge is -2.44. The van der Waals surface area contributed by atoms with Gasteiger partial charge in [0, 0.05) is 99.8 Å². The number of aryl methyl sites for hydroxylation is 1. The molecule has 6 aromatic rings. The number of carbonyl (C=O) groups excluding carboxylic acids is 2. The normalized spacial score (nSPS) is 24.6. The summed E-state index contributed by atoms with van der Waals surface area (Å²) in [6.45, 7) is 9.03. The van der Waals surface area contributed by atoms with Gasteiger partial charge in [0.2, 0.25) is 17.7 Å². The number of hydrogen-bond acceptors (Lipinski definition) is 19. The van der Waals surface area contributed by atoms with Crippen LogP contribution in [0.5, 0.6) is 17.5 Å². The summed E-state index contributed by atoms with van der Waals surface area (Å²) in [4.78, 5) is 50.0. The number of anilines is 3. The Morgan fingerprint density at radius 3 is 2.46 bits per heavy atom. The topological polar surface area (TPSA) is 244 Å². The Morgan fingerprint density at radius 1 is 0.937 bits per heavy atom. The van der Waals surface area contributed by atoms with E-state index in [4.69, 9.17) is 24.5 Å². The molecular weight excluding hydrogens is 1040 g/mol. The highest BCUT2D eigenvalue weighted by Gasteiger charge is 2.49. The van der Waals surface area contributed by atoms with Gasteiger partial charge in [0.05, 0.1) is 58.0 Å². The van der Waals surface area contributed by atoms with Gasteiger partial charge in [0.1, 0.15) is 36.5 Å². The molecular formula is C56H66F2N12O8S. The lowest BCUT2D eigenvalue weighted by molar-refractivity contribution is -0.210. The molecule has 1 aliphatic carbocycles. The van der Waals surface area contributed by atoms with E-state index < -0.39 is 54.5 Å². The number of likely N-dealkylation sites (tertiary alicyclic amines) is 2. The molecule has 2 amide bonds. The van der Waals surface area contributed by atoms with Gasteiger partial charge in [-0.25, -0.2) is 18.7 Å². The number of amides is 2. The lowest BCUT2D eigenvalue weighted by atomic mass is 9.91. The number of halogens is 2. The summed E-state index contributed by atoms with van der Waals surface area (Å²) >= 11 is 1.51. The second kappa shape index (κ2) is 22.6. The van der Waals surface area contributed by atoms with E-state index in [2.05, 4.69) is 45.4 Å². The van der Waals surface area contributed by atoms with Crippen molar-refractivity contribution in [3.8, 4) is 39.3 Å². The number of aromatic hydroxyl groups is 1. The Balaban J connectivity index is 0.620. The number of piperidine rings is 1. The predicted molar refractivity (Wildman–Crippen MR) is 290 cm³/mol. The first kappa shape index (κ1) is 53.9. The maximum Gasteiger partial charge on any atom is 0.286 e. The highest BCUT2D eigenvalue weighted by Crippen LogP contribution is 2.42. The van der Waals surface area contributed by atoms with Gasteiger partial charge < -0.3 is 54.7 Å². The number of fused-ring (bicyclic) bond motifs is 2. The van der Waals surface area contributed by atoms with Crippen molar-refractivity contribution in [1.82, 2.24) is 45.4 Å². The Bertz CT molecular complexity index is 3110. The second-order valence-corrected chi connectivity index (χ2v) is 22.7. The number of rotatable bonds is 18. The molecule has 5 aromatic heterocycles. The minimum absolute atomic E-state index is 0.0244. The maximum absolute atomic E-state index is 15.7. The number of aliphatic hydroxyl groups is 1. The number of aliphatic hydroxyl groups excluding tert-OH is 1. The summed E-state index contributed by atoms with van der Waals surface area (Å²) in [5.41, 5.74) is 13.5. The number of aromatic nitrogens is 6. The van der Waals surface area contributed by atoms with Gasteiger partial charge >= 0.3 is 0 Å². The third kappa shape index (κ3) is 11.5. The van der Waals surface area contributed by atoms with E-state index in [-0.39, 0.29) is 80.1 Å². The lowest BCUT2D eigenvalue weighted by Crippen LogP contribution is -2.55. The van der Waals surface area contributed by atoms with Gasteiger partial charge in [-0.2, -0.15) is 0 Å². The number of para-hydroxylation sites is 1. The van der Waals surface area contributed by atoms with E-state index in [0.717, 1.165) is 59.1 Å². The molecule has 79 heavy (non-hydrogen) atoms. The van der Waals surface area contributed by atoms with Gasteiger partial charge in [-0.3, -0.25) is 19.5 Å². The number of nitrogens with one attached hydrogen (secondary N) is 1. The van der Waals surface area contributed by atoms with Crippen molar-refractivity contribution >= 4 is 40.3 Å². The Kier molecular flexibility index (Phi) is 15.4. The van der Waals surface area contributed by atoms with E-state index in [1.54, 1.807) is 41.0 Å². The average molecular weight is 1110 g/mol. The predicted octanol–water partition coefficient (Wildman–Crippen LogP) is 6.79. The second-order valence-electron chi connectivity index (χ2n) is 21.9. The molecule has 4 aliphatic heterocycles. The Labute approximate surface area is 460 Å². The highest BCUT2D eigenvalue weighted by molar-refractivity contribution is 7.13. The molecule has 2 bridgehead atoms. The van der Waals surface area contributed by atoms with Gasteiger partial charge in [-0.1, -0.05) is 32.0 Å². The van der Waals surface area contributed by atoms with E-state index in [9.17, 15) is 19.8 Å². The molecule has 4 saturated heterocycles. The van der Waals surface area contributed by atoms with Crippen molar-refractivity contribution in [2.45, 2.75) is 127 Å². The first-order valence-corrected chi connectivity index (χ1v) is 28.0. The van der Waals surface area contributed by atoms with Crippen LogP contribution < -0.4 is 30.3 Å². The number of thiazole rings is 1. The SMILES string of the molecule is Cc1ncsc1-c1ccc([C@H](C)NC(=O)[C@@H]2C[C@@H](O)CN2C(=O)[C@@H](c2cc(OCCN3CCC(O[C@H]4C[C@H](Oc5cc(N6C7CCC6CN(c6cc(-c8ccccc8O)nnc6N)C7)ccn5)C4)C(F)(F)C3)no2)C(C)C)cn1. The van der Waals surface area contributed by atoms with Crippen LogP contribution in [0.25, 0.3) is 21.8 Å². The zero-order chi connectivity index (χ0) is 55.1. The first-order chi connectivity index (χ1) is 38.0. The van der Waals surface area contributed by atoms with Gasteiger partial charge in [0.15, 0.2) is 11.6 Å². The molecule has 0 radical (unpaired) electrons. The minimum atomic E-state index is -3.09. The number of piperazine rings is 1. The molecule has 1 aromatic carbocycles. The number of nitrogens with zero attached hydrogens (tertiary/aromatic N) is 10. The van der Waals surface area contributed by atoms with Crippen LogP contribution in [0.4, 0.5) is 26.0 Å². The number of alkyl halides is 2. The van der Waals surface area contributed by atoms with E-state index >= 15 is 8.78 Å². The standard InChI is InChI=1S/C56H66F2N12O8S/c1-31(2)51(55(74)69-28-38(71)20-45(69)54(73)63-32(3)34-9-12-42(61-25-34)52-33(4)62-30-79-52)47-24-50(66-78-47)75-18-17-67-16-14-48(56(57,58)29-67)76-39-21-40(22-39)77-49-19-35(13-15-60-49)70-36-10-11-37(70)27-68(26-36)44-23-43(64-65-53(44)59)41-7-5-6-8-46(41)72/h5-9,12-13,15,19,23-25,30-32,36-40,45,48,51,71-72H,10-11,14,16-18,20-22,26-29H2,1-4H3,(H2,59,65)(H,63,73)/t32-,36?,37?,38+,39-,40-,45-,48?,51+/m0/s1. The van der Waals surface area contributed by atoms with Gasteiger partial charge in [-0.15, -0.1) is 21.5 Å². The van der Waals surface area contributed by atoms with Crippen molar-refractivity contribution in [3.05, 3.63) is 95.6 Å². The smallest absolute Gasteiger partial charge is 0.286 e. The Morgan fingerprint density at radius 2 is 1.73 bits per heavy atom. The minimum Gasteiger partial charge on any atom is -0.507 e. The molecule has 418 valence electrons. The molecule has 5 N–H and O–H groups in total. The van der Waals surface area contributed by atoms with E-state index in [1.807, 2.05) is 64.1 Å². The van der Waals surface area contributed by atoms with Crippen LogP contribution in [0.3, 0.4) is 0 Å². The summed E-state index contributed by atoms with van der Waals surface area (Å²) < 4.78 is 55.1. The number of phenols is 1. The van der Waals surface area contributed by atoms with Gasteiger partial charge in [0.25, 0.3) is 11.8 Å². The average Bonchev–Trinajstić information content (AvgIpc) is 4.34.